The Morgan fingerprint density at radius 1 is 0.440 bits per heavy atom. The molecule has 148 valence electrons. The highest BCUT2D eigenvalue weighted by atomic mass is 28.6. The molecule has 15 heteroatoms. The molecule has 2 heterocycles. The van der Waals surface area contributed by atoms with Crippen molar-refractivity contribution < 1.29 is 37.7 Å². The second kappa shape index (κ2) is 6.77. The van der Waals surface area contributed by atoms with Crippen molar-refractivity contribution in [2.75, 3.05) is 14.2 Å². The molecular weight excluding hydrogens is 433 g/mol. The Morgan fingerprint density at radius 2 is 0.800 bits per heavy atom. The first-order chi connectivity index (χ1) is 11.1. The van der Waals surface area contributed by atoms with Crippen LogP contribution in [0.4, 0.5) is 0 Å². The lowest BCUT2D eigenvalue weighted by molar-refractivity contribution is 0.0542. The predicted octanol–water partition coefficient (Wildman–Crippen LogP) is 2.10. The van der Waals surface area contributed by atoms with Crippen LogP contribution >= 0.6 is 0 Å². The highest BCUT2D eigenvalue weighted by Gasteiger charge is 2.65. The molecule has 0 radical (unpaired) electrons. The van der Waals surface area contributed by atoms with Crippen LogP contribution in [0.15, 0.2) is 0 Å². The van der Waals surface area contributed by atoms with Gasteiger partial charge < -0.3 is 37.7 Å². The summed E-state index contributed by atoms with van der Waals surface area (Å²) in [6.07, 6.45) is 0. The standard InChI is InChI=1S/C10H30O9Si6/c1-11-22(7)16-23(8,12-2)18-25(10)15-21(5,6)13-20(3,4)14-24(9,17-22)19-25/h1-10H3/t22-,23?,24?,25-/m1/s1. The fourth-order valence-electron chi connectivity index (χ4n) is 3.21. The Bertz CT molecular complexity index is 483. The van der Waals surface area contributed by atoms with Crippen LogP contribution in [0.5, 0.6) is 0 Å². The highest BCUT2D eigenvalue weighted by molar-refractivity contribution is 6.95. The summed E-state index contributed by atoms with van der Waals surface area (Å²) in [5.74, 6) is 0. The zero-order chi connectivity index (χ0) is 19.4. The smallest absolute Gasteiger partial charge is 0.416 e. The molecule has 0 spiro atoms. The van der Waals surface area contributed by atoms with Crippen molar-refractivity contribution in [2.24, 2.45) is 0 Å². The van der Waals surface area contributed by atoms with Gasteiger partial charge in [-0.2, -0.15) is 0 Å². The molecule has 2 bridgehead atoms. The van der Waals surface area contributed by atoms with E-state index in [0.717, 1.165) is 0 Å². The first kappa shape index (κ1) is 22.2. The van der Waals surface area contributed by atoms with Crippen molar-refractivity contribution in [1.29, 1.82) is 0 Å². The van der Waals surface area contributed by atoms with E-state index in [9.17, 15) is 0 Å². The predicted molar refractivity (Wildman–Crippen MR) is 103 cm³/mol. The third-order valence-electron chi connectivity index (χ3n) is 3.58. The van der Waals surface area contributed by atoms with E-state index in [4.69, 9.17) is 37.7 Å². The molecular formula is C10H30O9Si6. The maximum Gasteiger partial charge on any atom is 0.482 e. The molecule has 0 aromatic heterocycles. The van der Waals surface area contributed by atoms with Crippen molar-refractivity contribution in [3.63, 3.8) is 0 Å². The van der Waals surface area contributed by atoms with Gasteiger partial charge in [0.1, 0.15) is 0 Å². The third-order valence-corrected chi connectivity index (χ3v) is 27.8. The summed E-state index contributed by atoms with van der Waals surface area (Å²) in [7, 11) is -14.6. The Morgan fingerprint density at radius 3 is 1.12 bits per heavy atom. The van der Waals surface area contributed by atoms with E-state index < -0.39 is 52.3 Å². The summed E-state index contributed by atoms with van der Waals surface area (Å²) in [4.78, 5) is 0. The van der Waals surface area contributed by atoms with Gasteiger partial charge in [0.2, 0.25) is 0 Å². The minimum Gasteiger partial charge on any atom is -0.416 e. The zero-order valence-corrected chi connectivity index (χ0v) is 22.7. The molecule has 0 saturated carbocycles. The van der Waals surface area contributed by atoms with E-state index in [1.807, 2.05) is 39.3 Å². The third kappa shape index (κ3) is 5.48. The molecule has 0 aliphatic carbocycles. The quantitative estimate of drug-likeness (QED) is 0.573. The van der Waals surface area contributed by atoms with Crippen LogP contribution in [0, 0.1) is 0 Å². The second-order valence-corrected chi connectivity index (χ2v) is 26.4. The molecule has 0 amide bonds. The van der Waals surface area contributed by atoms with Crippen LogP contribution in [0.1, 0.15) is 0 Å². The second-order valence-electron chi connectivity index (χ2n) is 7.37. The summed E-state index contributed by atoms with van der Waals surface area (Å²) in [6, 6.07) is 0. The fourth-order valence-corrected chi connectivity index (χ4v) is 32.6. The van der Waals surface area contributed by atoms with Gasteiger partial charge in [-0.1, -0.05) is 0 Å². The Labute approximate surface area is 156 Å². The maximum atomic E-state index is 6.38. The van der Waals surface area contributed by atoms with Gasteiger partial charge in [-0.3, -0.25) is 0 Å². The summed E-state index contributed by atoms with van der Waals surface area (Å²) in [5.41, 5.74) is 0. The number of hydrogen-bond acceptors (Lipinski definition) is 9. The van der Waals surface area contributed by atoms with Gasteiger partial charge >= 0.3 is 52.3 Å². The molecule has 0 aromatic carbocycles. The van der Waals surface area contributed by atoms with E-state index >= 15 is 0 Å². The van der Waals surface area contributed by atoms with Crippen LogP contribution in [-0.2, 0) is 37.7 Å². The molecule has 25 heavy (non-hydrogen) atoms. The molecule has 4 atom stereocenters. The van der Waals surface area contributed by atoms with E-state index in [1.165, 1.54) is 0 Å². The molecule has 9 nitrogen and oxygen atoms in total. The summed E-state index contributed by atoms with van der Waals surface area (Å²) >= 11 is 0. The normalized spacial score (nSPS) is 47.3. The van der Waals surface area contributed by atoms with E-state index in [2.05, 4.69) is 0 Å². The fraction of sp³-hybridized carbons (Fsp3) is 1.00. The van der Waals surface area contributed by atoms with E-state index in [1.54, 1.807) is 27.3 Å². The van der Waals surface area contributed by atoms with Crippen molar-refractivity contribution in [3.8, 4) is 0 Å². The van der Waals surface area contributed by atoms with E-state index in [0.29, 0.717) is 0 Å². The van der Waals surface area contributed by atoms with Crippen LogP contribution in [0.2, 0.25) is 52.4 Å². The van der Waals surface area contributed by atoms with Gasteiger partial charge in [0, 0.05) is 40.4 Å². The number of hydrogen-bond donors (Lipinski definition) is 0. The molecule has 2 aliphatic rings. The van der Waals surface area contributed by atoms with Crippen molar-refractivity contribution in [1.82, 2.24) is 0 Å². The van der Waals surface area contributed by atoms with Crippen molar-refractivity contribution >= 4 is 52.3 Å². The average molecular weight is 463 g/mol. The largest absolute Gasteiger partial charge is 0.482 e. The lowest BCUT2D eigenvalue weighted by atomic mass is 11.8. The lowest BCUT2D eigenvalue weighted by Crippen LogP contribution is -2.75. The van der Waals surface area contributed by atoms with Gasteiger partial charge in [0.05, 0.1) is 0 Å². The van der Waals surface area contributed by atoms with Crippen LogP contribution < -0.4 is 0 Å². The number of rotatable bonds is 2. The summed E-state index contributed by atoms with van der Waals surface area (Å²) in [6.45, 7) is 15.0. The molecule has 2 rings (SSSR count). The van der Waals surface area contributed by atoms with Gasteiger partial charge in [0.15, 0.2) is 0 Å². The Hall–Kier alpha value is 0.941. The molecule has 2 fully saturated rings. The molecule has 0 aromatic rings. The molecule has 2 aliphatic heterocycles. The van der Waals surface area contributed by atoms with Gasteiger partial charge in [-0.05, 0) is 26.2 Å². The average Bonchev–Trinajstić information content (AvgIpc) is 2.30. The monoisotopic (exact) mass is 462 g/mol. The molecule has 0 N–H and O–H groups in total. The molecule has 2 unspecified atom stereocenters. The van der Waals surface area contributed by atoms with E-state index in [-0.39, 0.29) is 0 Å². The summed E-state index contributed by atoms with van der Waals surface area (Å²) in [5, 5.41) is 0. The lowest BCUT2D eigenvalue weighted by Gasteiger charge is -2.51. The summed E-state index contributed by atoms with van der Waals surface area (Å²) < 4.78 is 55.3. The van der Waals surface area contributed by atoms with Gasteiger partial charge in [-0.25, -0.2) is 0 Å². The van der Waals surface area contributed by atoms with Crippen LogP contribution in [0.3, 0.4) is 0 Å². The zero-order valence-electron chi connectivity index (χ0n) is 16.7. The maximum absolute atomic E-state index is 6.38. The topological polar surface area (TPSA) is 83.1 Å². The first-order valence-corrected chi connectivity index (χ1v) is 22.6. The first-order valence-electron chi connectivity index (χ1n) is 8.08. The Kier molecular flexibility index (Phi) is 6.02. The van der Waals surface area contributed by atoms with Gasteiger partial charge in [-0.15, -0.1) is 0 Å². The van der Waals surface area contributed by atoms with Gasteiger partial charge in [0.25, 0.3) is 0 Å². The van der Waals surface area contributed by atoms with Crippen LogP contribution in [-0.4, -0.2) is 66.6 Å². The van der Waals surface area contributed by atoms with Crippen molar-refractivity contribution in [3.05, 3.63) is 0 Å². The highest BCUT2D eigenvalue weighted by Crippen LogP contribution is 2.37. The minimum atomic E-state index is -3.20. The minimum absolute atomic E-state index is 1.54. The van der Waals surface area contributed by atoms with Crippen LogP contribution in [0.25, 0.3) is 0 Å². The Balaban J connectivity index is 2.51. The number of fused-ring (bicyclic) bond motifs is 2. The molecule has 2 saturated heterocycles. The van der Waals surface area contributed by atoms with Crippen molar-refractivity contribution in [2.45, 2.75) is 52.4 Å². The SMILES string of the molecule is CO[Si]1(C)O[Si@@](C)(OC)O[Si]2(C)O[Si](C)(C)O[Si](C)(C)O[Si@](C)(O1)O2.